The van der Waals surface area contributed by atoms with Gasteiger partial charge < -0.3 is 5.11 Å². The van der Waals surface area contributed by atoms with E-state index in [1.165, 1.54) is 11.0 Å². The molecule has 1 aromatic rings. The Morgan fingerprint density at radius 2 is 1.52 bits per heavy atom. The van der Waals surface area contributed by atoms with Gasteiger partial charge in [-0.3, -0.25) is 9.59 Å². The molecule has 1 aliphatic heterocycles. The lowest BCUT2D eigenvalue weighted by Crippen LogP contribution is -2.32. The average molecular weight is 285 g/mol. The number of phenols is 1. The Kier molecular flexibility index (Phi) is 3.32. The number of aromatic hydroxyl groups is 1. The molecular formula is C17H19NO3. The van der Waals surface area contributed by atoms with Crippen LogP contribution in [-0.4, -0.2) is 16.9 Å². The molecule has 2 fully saturated rings. The van der Waals surface area contributed by atoms with Gasteiger partial charge in [0.25, 0.3) is 0 Å². The number of amides is 2. The summed E-state index contributed by atoms with van der Waals surface area (Å²) in [5.41, 5.74) is 0.311. The van der Waals surface area contributed by atoms with E-state index in [0.717, 1.165) is 6.42 Å². The topological polar surface area (TPSA) is 57.6 Å². The average Bonchev–Trinajstić information content (AvgIpc) is 3.17. The second-order valence-corrected chi connectivity index (χ2v) is 5.50. The van der Waals surface area contributed by atoms with E-state index in [0.29, 0.717) is 5.69 Å². The molecule has 1 aromatic carbocycles. The van der Waals surface area contributed by atoms with E-state index in [1.54, 1.807) is 18.2 Å². The Labute approximate surface area is 124 Å². The third-order valence-corrected chi connectivity index (χ3v) is 4.59. The van der Waals surface area contributed by atoms with Crippen molar-refractivity contribution in [3.8, 4) is 5.75 Å². The van der Waals surface area contributed by atoms with Crippen molar-refractivity contribution in [3.05, 3.63) is 36.4 Å². The van der Waals surface area contributed by atoms with Crippen LogP contribution < -0.4 is 4.90 Å². The number of hydrogen-bond acceptors (Lipinski definition) is 3. The summed E-state index contributed by atoms with van der Waals surface area (Å²) < 4.78 is 0. The molecule has 21 heavy (non-hydrogen) atoms. The largest absolute Gasteiger partial charge is 0.506 e. The summed E-state index contributed by atoms with van der Waals surface area (Å²) in [5.74, 6) is -0.389. The van der Waals surface area contributed by atoms with Gasteiger partial charge in [0.1, 0.15) is 5.75 Å². The van der Waals surface area contributed by atoms with E-state index >= 15 is 0 Å². The molecule has 0 aromatic heterocycles. The summed E-state index contributed by atoms with van der Waals surface area (Å²) in [4.78, 5) is 26.2. The number of carbonyl (C=O) groups excluding carboxylic acids is 2. The number of rotatable bonds is 1. The van der Waals surface area contributed by atoms with Crippen LogP contribution in [0, 0.1) is 23.7 Å². The van der Waals surface area contributed by atoms with E-state index in [2.05, 4.69) is 12.2 Å². The number of para-hydroxylation sites is 2. The van der Waals surface area contributed by atoms with Crippen molar-refractivity contribution in [1.29, 1.82) is 0 Å². The Morgan fingerprint density at radius 1 is 1.00 bits per heavy atom. The molecule has 1 heterocycles. The van der Waals surface area contributed by atoms with Crippen LogP contribution in [0.15, 0.2) is 36.4 Å². The van der Waals surface area contributed by atoms with E-state index in [4.69, 9.17) is 0 Å². The van der Waals surface area contributed by atoms with Crippen LogP contribution in [0.5, 0.6) is 5.75 Å². The van der Waals surface area contributed by atoms with Crippen LogP contribution >= 0.6 is 0 Å². The maximum Gasteiger partial charge on any atom is 0.238 e. The molecule has 4 unspecified atom stereocenters. The highest BCUT2D eigenvalue weighted by atomic mass is 16.3. The zero-order valence-electron chi connectivity index (χ0n) is 12.2. The molecule has 1 saturated carbocycles. The lowest BCUT2D eigenvalue weighted by molar-refractivity contribution is -0.123. The van der Waals surface area contributed by atoms with Gasteiger partial charge in [0.2, 0.25) is 11.8 Å². The molecule has 1 saturated heterocycles. The number of carbonyl (C=O) groups is 2. The summed E-state index contributed by atoms with van der Waals surface area (Å²) in [7, 11) is 0. The number of allylic oxidation sites excluding steroid dienone is 2. The second kappa shape index (κ2) is 5.02. The lowest BCUT2D eigenvalue weighted by atomic mass is 9.85. The summed E-state index contributed by atoms with van der Waals surface area (Å²) in [6, 6.07) is 6.50. The molecule has 3 aliphatic rings. The second-order valence-electron chi connectivity index (χ2n) is 5.50. The summed E-state index contributed by atoms with van der Waals surface area (Å²) in [5, 5.41) is 9.86. The van der Waals surface area contributed by atoms with Gasteiger partial charge in [0.15, 0.2) is 0 Å². The lowest BCUT2D eigenvalue weighted by Gasteiger charge is -2.18. The molecule has 2 amide bonds. The van der Waals surface area contributed by atoms with Crippen LogP contribution in [0.4, 0.5) is 5.69 Å². The molecule has 0 spiro atoms. The van der Waals surface area contributed by atoms with Crippen molar-refractivity contribution >= 4 is 17.5 Å². The highest BCUT2D eigenvalue weighted by Crippen LogP contribution is 2.53. The van der Waals surface area contributed by atoms with E-state index in [9.17, 15) is 14.7 Å². The number of hydrogen-bond donors (Lipinski definition) is 1. The van der Waals surface area contributed by atoms with E-state index in [1.807, 2.05) is 13.8 Å². The Morgan fingerprint density at radius 3 is 2.05 bits per heavy atom. The Hall–Kier alpha value is -2.10. The highest BCUT2D eigenvalue weighted by molar-refractivity contribution is 6.23. The first kappa shape index (κ1) is 13.9. The molecule has 4 rings (SSSR count). The minimum Gasteiger partial charge on any atom is -0.506 e. The predicted octanol–water partition coefficient (Wildman–Crippen LogP) is 2.73. The van der Waals surface area contributed by atoms with Crippen molar-refractivity contribution in [1.82, 2.24) is 0 Å². The standard InChI is InChI=1S/C15H13NO3.C2H6/c17-11-4-2-1-3-10(11)16-14(18)12-8-5-6-9(7-8)13(12)15(16)19;1-2/h1-6,8-9,12-13,17H,7H2;1-2H3. The minimum absolute atomic E-state index is 0.0236. The highest BCUT2D eigenvalue weighted by Gasteiger charge is 2.59. The van der Waals surface area contributed by atoms with Gasteiger partial charge in [-0.15, -0.1) is 0 Å². The van der Waals surface area contributed by atoms with Gasteiger partial charge in [0.05, 0.1) is 17.5 Å². The van der Waals surface area contributed by atoms with Crippen LogP contribution in [0.2, 0.25) is 0 Å². The fraction of sp³-hybridized carbons (Fsp3) is 0.412. The molecular weight excluding hydrogens is 266 g/mol. The molecule has 1 N–H and O–H groups in total. The van der Waals surface area contributed by atoms with Crippen molar-refractivity contribution in [3.63, 3.8) is 0 Å². The smallest absolute Gasteiger partial charge is 0.238 e. The first-order valence-electron chi connectivity index (χ1n) is 7.52. The maximum absolute atomic E-state index is 12.5. The maximum atomic E-state index is 12.5. The third kappa shape index (κ3) is 1.82. The van der Waals surface area contributed by atoms with E-state index < -0.39 is 0 Å². The Balaban J connectivity index is 0.000000636. The van der Waals surface area contributed by atoms with Crippen LogP contribution in [0.3, 0.4) is 0 Å². The van der Waals surface area contributed by atoms with Crippen LogP contribution in [0.1, 0.15) is 20.3 Å². The van der Waals surface area contributed by atoms with Crippen LogP contribution in [0.25, 0.3) is 0 Å². The monoisotopic (exact) mass is 285 g/mol. The van der Waals surface area contributed by atoms with Gasteiger partial charge in [-0.1, -0.05) is 38.1 Å². The first-order chi connectivity index (χ1) is 10.2. The molecule has 2 aliphatic carbocycles. The fourth-order valence-corrected chi connectivity index (χ4v) is 3.79. The number of nitrogens with zero attached hydrogens (tertiary/aromatic N) is 1. The van der Waals surface area contributed by atoms with Gasteiger partial charge in [-0.2, -0.15) is 0 Å². The van der Waals surface area contributed by atoms with Crippen molar-refractivity contribution in [2.24, 2.45) is 23.7 Å². The van der Waals surface area contributed by atoms with Gasteiger partial charge in [-0.05, 0) is 30.4 Å². The number of imide groups is 1. The number of anilines is 1. The molecule has 4 heteroatoms. The number of fused-ring (bicyclic) bond motifs is 5. The van der Waals surface area contributed by atoms with Crippen molar-refractivity contribution in [2.75, 3.05) is 4.90 Å². The molecule has 2 bridgehead atoms. The SMILES string of the molecule is CC.O=C1C2C3C=CC(C3)C2C(=O)N1c1ccccc1O. The van der Waals surface area contributed by atoms with Crippen molar-refractivity contribution in [2.45, 2.75) is 20.3 Å². The van der Waals surface area contributed by atoms with Gasteiger partial charge in [0, 0.05) is 0 Å². The van der Waals surface area contributed by atoms with Gasteiger partial charge >= 0.3 is 0 Å². The van der Waals surface area contributed by atoms with E-state index in [-0.39, 0.29) is 41.2 Å². The minimum atomic E-state index is -0.220. The fourth-order valence-electron chi connectivity index (χ4n) is 3.79. The molecule has 4 atom stereocenters. The molecule has 4 nitrogen and oxygen atoms in total. The summed E-state index contributed by atoms with van der Waals surface area (Å²) in [6.07, 6.45) is 5.04. The third-order valence-electron chi connectivity index (χ3n) is 4.59. The summed E-state index contributed by atoms with van der Waals surface area (Å²) in [6.45, 7) is 4.00. The first-order valence-corrected chi connectivity index (χ1v) is 7.52. The Bertz CT molecular complexity index is 592. The van der Waals surface area contributed by atoms with Gasteiger partial charge in [-0.25, -0.2) is 4.90 Å². The quantitative estimate of drug-likeness (QED) is 0.637. The normalized spacial score (nSPS) is 32.2. The number of benzene rings is 1. The molecule has 0 radical (unpaired) electrons. The van der Waals surface area contributed by atoms with Crippen LogP contribution in [-0.2, 0) is 9.59 Å². The number of phenolic OH excluding ortho intramolecular Hbond substituents is 1. The zero-order valence-corrected chi connectivity index (χ0v) is 12.2. The predicted molar refractivity (Wildman–Crippen MR) is 79.7 cm³/mol. The van der Waals surface area contributed by atoms with Crippen molar-refractivity contribution < 1.29 is 14.7 Å². The summed E-state index contributed by atoms with van der Waals surface area (Å²) >= 11 is 0. The molecule has 110 valence electrons. The zero-order chi connectivity index (χ0) is 15.1.